The van der Waals surface area contributed by atoms with Gasteiger partial charge in [-0.15, -0.1) is 0 Å². The van der Waals surface area contributed by atoms with Gasteiger partial charge >= 0.3 is 5.97 Å². The Hall–Kier alpha value is -1.10. The maximum Gasteiger partial charge on any atom is 0.320 e. The van der Waals surface area contributed by atoms with Gasteiger partial charge in [-0.05, 0) is 32.1 Å². The molecule has 1 amide bonds. The molecule has 1 saturated heterocycles. The third-order valence-electron chi connectivity index (χ3n) is 3.79. The molecular formula is C14H26N2O3. The third kappa shape index (κ3) is 4.82. The van der Waals surface area contributed by atoms with Gasteiger partial charge in [0.05, 0.1) is 6.04 Å². The molecule has 1 aliphatic rings. The molecule has 0 saturated carbocycles. The standard InChI is InChI=1S/C14H26N2O3/c1-4-5-12(14(18)19)15-11(3)13(17)16-8-6-10(2)7-9-16/h10-12,15H,4-9H2,1-3H3,(H,18,19). The van der Waals surface area contributed by atoms with Gasteiger partial charge in [0.1, 0.15) is 6.04 Å². The van der Waals surface area contributed by atoms with Crippen molar-refractivity contribution in [2.75, 3.05) is 13.1 Å². The number of amides is 1. The second-order valence-corrected chi connectivity index (χ2v) is 5.58. The molecule has 1 fully saturated rings. The number of rotatable bonds is 6. The maximum atomic E-state index is 12.2. The van der Waals surface area contributed by atoms with Gasteiger partial charge in [-0.25, -0.2) is 0 Å². The van der Waals surface area contributed by atoms with Crippen molar-refractivity contribution in [2.45, 2.75) is 58.5 Å². The molecule has 1 rings (SSSR count). The number of carbonyl (C=O) groups is 2. The Morgan fingerprint density at radius 3 is 2.42 bits per heavy atom. The fraction of sp³-hybridized carbons (Fsp3) is 0.857. The van der Waals surface area contributed by atoms with Crippen LogP contribution in [-0.2, 0) is 9.59 Å². The summed E-state index contributed by atoms with van der Waals surface area (Å²) in [5.41, 5.74) is 0. The average molecular weight is 270 g/mol. The number of piperidine rings is 1. The fourth-order valence-corrected chi connectivity index (χ4v) is 2.44. The molecule has 5 heteroatoms. The molecule has 0 bridgehead atoms. The summed E-state index contributed by atoms with van der Waals surface area (Å²) < 4.78 is 0. The van der Waals surface area contributed by atoms with Crippen molar-refractivity contribution >= 4 is 11.9 Å². The Morgan fingerprint density at radius 2 is 1.95 bits per heavy atom. The van der Waals surface area contributed by atoms with Crippen LogP contribution in [0, 0.1) is 5.92 Å². The summed E-state index contributed by atoms with van der Waals surface area (Å²) in [6.07, 6.45) is 3.40. The molecule has 2 N–H and O–H groups in total. The highest BCUT2D eigenvalue weighted by Crippen LogP contribution is 2.16. The number of hydrogen-bond donors (Lipinski definition) is 2. The van der Waals surface area contributed by atoms with Gasteiger partial charge in [0.2, 0.25) is 5.91 Å². The fourth-order valence-electron chi connectivity index (χ4n) is 2.44. The highest BCUT2D eigenvalue weighted by Gasteiger charge is 2.27. The first-order valence-electron chi connectivity index (χ1n) is 7.23. The van der Waals surface area contributed by atoms with Gasteiger partial charge in [0.15, 0.2) is 0 Å². The lowest BCUT2D eigenvalue weighted by atomic mass is 9.98. The minimum Gasteiger partial charge on any atom is -0.480 e. The molecule has 0 aromatic rings. The minimum absolute atomic E-state index is 0.0225. The number of carbonyl (C=O) groups excluding carboxylic acids is 1. The van der Waals surface area contributed by atoms with E-state index in [0.717, 1.165) is 32.4 Å². The number of hydrogen-bond acceptors (Lipinski definition) is 3. The van der Waals surface area contributed by atoms with E-state index >= 15 is 0 Å². The number of nitrogens with one attached hydrogen (secondary N) is 1. The van der Waals surface area contributed by atoms with Crippen molar-refractivity contribution in [3.8, 4) is 0 Å². The number of carboxylic acid groups (broad SMARTS) is 1. The zero-order valence-corrected chi connectivity index (χ0v) is 12.2. The molecule has 0 radical (unpaired) electrons. The van der Waals surface area contributed by atoms with Gasteiger partial charge < -0.3 is 10.0 Å². The van der Waals surface area contributed by atoms with Crippen LogP contribution in [0.2, 0.25) is 0 Å². The second kappa shape index (κ2) is 7.48. The van der Waals surface area contributed by atoms with E-state index < -0.39 is 18.1 Å². The SMILES string of the molecule is CCCC(NC(C)C(=O)N1CCC(C)CC1)C(=O)O. The monoisotopic (exact) mass is 270 g/mol. The van der Waals surface area contributed by atoms with E-state index in [0.29, 0.717) is 12.3 Å². The molecule has 1 aliphatic heterocycles. The molecule has 5 nitrogen and oxygen atoms in total. The van der Waals surface area contributed by atoms with Crippen molar-refractivity contribution in [1.29, 1.82) is 0 Å². The molecule has 0 spiro atoms. The zero-order chi connectivity index (χ0) is 14.4. The van der Waals surface area contributed by atoms with Crippen molar-refractivity contribution in [1.82, 2.24) is 10.2 Å². The van der Waals surface area contributed by atoms with Gasteiger partial charge in [-0.1, -0.05) is 20.3 Å². The first-order chi connectivity index (χ1) is 8.95. The summed E-state index contributed by atoms with van der Waals surface area (Å²) in [4.78, 5) is 25.2. The van der Waals surface area contributed by atoms with Crippen LogP contribution in [0.3, 0.4) is 0 Å². The summed E-state index contributed by atoms with van der Waals surface area (Å²) in [5.74, 6) is -0.179. The summed E-state index contributed by atoms with van der Waals surface area (Å²) in [5, 5.41) is 12.0. The zero-order valence-electron chi connectivity index (χ0n) is 12.2. The third-order valence-corrected chi connectivity index (χ3v) is 3.79. The van der Waals surface area contributed by atoms with E-state index in [9.17, 15) is 9.59 Å². The van der Waals surface area contributed by atoms with Crippen LogP contribution in [0.5, 0.6) is 0 Å². The first kappa shape index (κ1) is 16.0. The largest absolute Gasteiger partial charge is 0.480 e. The molecule has 0 aromatic carbocycles. The van der Waals surface area contributed by atoms with Crippen molar-refractivity contribution in [3.63, 3.8) is 0 Å². The summed E-state index contributed by atoms with van der Waals surface area (Å²) >= 11 is 0. The quantitative estimate of drug-likeness (QED) is 0.767. The molecule has 2 unspecified atom stereocenters. The van der Waals surface area contributed by atoms with Crippen LogP contribution in [0.25, 0.3) is 0 Å². The van der Waals surface area contributed by atoms with E-state index in [1.807, 2.05) is 11.8 Å². The van der Waals surface area contributed by atoms with Crippen molar-refractivity contribution in [2.24, 2.45) is 5.92 Å². The van der Waals surface area contributed by atoms with Gasteiger partial charge in [0.25, 0.3) is 0 Å². The summed E-state index contributed by atoms with van der Waals surface area (Å²) in [7, 11) is 0. The smallest absolute Gasteiger partial charge is 0.320 e. The molecule has 110 valence electrons. The maximum absolute atomic E-state index is 12.2. The Kier molecular flexibility index (Phi) is 6.28. The normalized spacial score (nSPS) is 20.1. The summed E-state index contributed by atoms with van der Waals surface area (Å²) in [6, 6.07) is -1.06. The molecular weight excluding hydrogens is 244 g/mol. The van der Waals surface area contributed by atoms with E-state index in [-0.39, 0.29) is 5.91 Å². The highest BCUT2D eigenvalue weighted by molar-refractivity contribution is 5.83. The molecule has 19 heavy (non-hydrogen) atoms. The molecule has 2 atom stereocenters. The number of carboxylic acids is 1. The van der Waals surface area contributed by atoms with Crippen LogP contribution < -0.4 is 5.32 Å². The number of aliphatic carboxylic acids is 1. The van der Waals surface area contributed by atoms with Crippen LogP contribution in [0.15, 0.2) is 0 Å². The predicted octanol–water partition coefficient (Wildman–Crippen LogP) is 1.48. The van der Waals surface area contributed by atoms with Crippen molar-refractivity contribution < 1.29 is 14.7 Å². The second-order valence-electron chi connectivity index (χ2n) is 5.58. The molecule has 1 heterocycles. The Bertz CT molecular complexity index is 312. The van der Waals surface area contributed by atoms with Gasteiger partial charge in [0, 0.05) is 13.1 Å². The Labute approximate surface area is 115 Å². The van der Waals surface area contributed by atoms with E-state index in [4.69, 9.17) is 5.11 Å². The topological polar surface area (TPSA) is 69.6 Å². The minimum atomic E-state index is -0.881. The molecule has 0 aromatic heterocycles. The van der Waals surface area contributed by atoms with Crippen LogP contribution >= 0.6 is 0 Å². The lowest BCUT2D eigenvalue weighted by molar-refractivity contribution is -0.141. The van der Waals surface area contributed by atoms with E-state index in [2.05, 4.69) is 12.2 Å². The lowest BCUT2D eigenvalue weighted by Crippen LogP contribution is -2.52. The van der Waals surface area contributed by atoms with Crippen LogP contribution in [-0.4, -0.2) is 47.1 Å². The van der Waals surface area contributed by atoms with E-state index in [1.165, 1.54) is 0 Å². The molecule has 0 aliphatic carbocycles. The van der Waals surface area contributed by atoms with Crippen LogP contribution in [0.1, 0.15) is 46.5 Å². The lowest BCUT2D eigenvalue weighted by Gasteiger charge is -2.33. The van der Waals surface area contributed by atoms with Gasteiger partial charge in [-0.2, -0.15) is 0 Å². The first-order valence-corrected chi connectivity index (χ1v) is 7.23. The predicted molar refractivity (Wildman–Crippen MR) is 73.9 cm³/mol. The van der Waals surface area contributed by atoms with Gasteiger partial charge in [-0.3, -0.25) is 14.9 Å². The number of nitrogens with zero attached hydrogens (tertiary/aromatic N) is 1. The number of likely N-dealkylation sites (tertiary alicyclic amines) is 1. The average Bonchev–Trinajstić information content (AvgIpc) is 2.38. The Morgan fingerprint density at radius 1 is 1.37 bits per heavy atom. The Balaban J connectivity index is 2.49. The van der Waals surface area contributed by atoms with E-state index in [1.54, 1.807) is 6.92 Å². The van der Waals surface area contributed by atoms with Crippen molar-refractivity contribution in [3.05, 3.63) is 0 Å². The summed E-state index contributed by atoms with van der Waals surface area (Å²) in [6.45, 7) is 7.47. The highest BCUT2D eigenvalue weighted by atomic mass is 16.4. The van der Waals surface area contributed by atoms with Crippen LogP contribution in [0.4, 0.5) is 0 Å².